The van der Waals surface area contributed by atoms with Crippen LogP contribution in [0.4, 0.5) is 8.78 Å². The quantitative estimate of drug-likeness (QED) is 0.758. The normalized spacial score (nSPS) is 22.4. The van der Waals surface area contributed by atoms with Crippen molar-refractivity contribution < 1.29 is 23.1 Å². The van der Waals surface area contributed by atoms with Crippen molar-refractivity contribution in [3.8, 4) is 0 Å². The van der Waals surface area contributed by atoms with Gasteiger partial charge in [0.1, 0.15) is 11.6 Å². The van der Waals surface area contributed by atoms with Crippen LogP contribution in [0.5, 0.6) is 0 Å². The van der Waals surface area contributed by atoms with Crippen LogP contribution in [0.3, 0.4) is 0 Å². The van der Waals surface area contributed by atoms with E-state index in [1.807, 2.05) is 0 Å². The maximum atomic E-state index is 13.7. The zero-order valence-corrected chi connectivity index (χ0v) is 13.3. The summed E-state index contributed by atoms with van der Waals surface area (Å²) in [5.41, 5.74) is 0.262. The fourth-order valence-electron chi connectivity index (χ4n) is 3.16. The molecule has 0 N–H and O–H groups in total. The fourth-order valence-corrected chi connectivity index (χ4v) is 3.16. The molecule has 1 atom stereocenters. The molecular formula is C17H20F2N2O3. The van der Waals surface area contributed by atoms with Crippen molar-refractivity contribution in [1.29, 1.82) is 0 Å². The maximum Gasteiger partial charge on any atom is 0.233 e. The molecule has 1 unspecified atom stereocenters. The first kappa shape index (κ1) is 17.0. The molecule has 2 fully saturated rings. The minimum atomic E-state index is -0.679. The third-order valence-corrected chi connectivity index (χ3v) is 4.56. The van der Waals surface area contributed by atoms with E-state index in [0.717, 1.165) is 25.2 Å². The molecule has 2 heterocycles. The average Bonchev–Trinajstić information content (AvgIpc) is 2.83. The lowest BCUT2D eigenvalue weighted by molar-refractivity contribution is -0.139. The van der Waals surface area contributed by atoms with Gasteiger partial charge in [-0.1, -0.05) is 6.07 Å². The lowest BCUT2D eigenvalue weighted by Gasteiger charge is -2.28. The van der Waals surface area contributed by atoms with E-state index in [4.69, 9.17) is 4.74 Å². The summed E-state index contributed by atoms with van der Waals surface area (Å²) >= 11 is 0. The van der Waals surface area contributed by atoms with Crippen molar-refractivity contribution >= 4 is 11.8 Å². The fraction of sp³-hybridized carbons (Fsp3) is 0.529. The Hall–Kier alpha value is -1.86. The summed E-state index contributed by atoms with van der Waals surface area (Å²) in [6.45, 7) is 3.88. The van der Waals surface area contributed by atoms with Gasteiger partial charge >= 0.3 is 0 Å². The number of ether oxygens (including phenoxy) is 1. The predicted octanol–water partition coefficient (Wildman–Crippen LogP) is 1.21. The molecule has 3 rings (SSSR count). The monoisotopic (exact) mass is 338 g/mol. The van der Waals surface area contributed by atoms with Gasteiger partial charge in [0.25, 0.3) is 0 Å². The molecule has 0 aromatic heterocycles. The van der Waals surface area contributed by atoms with Crippen LogP contribution in [-0.4, -0.2) is 61.0 Å². The smallest absolute Gasteiger partial charge is 0.233 e. The summed E-state index contributed by atoms with van der Waals surface area (Å²) < 4.78 is 32.0. The lowest BCUT2D eigenvalue weighted by atomic mass is 9.97. The first-order chi connectivity index (χ1) is 11.5. The minimum absolute atomic E-state index is 0.0821. The van der Waals surface area contributed by atoms with Crippen molar-refractivity contribution in [2.45, 2.75) is 12.8 Å². The Balaban J connectivity index is 1.58. The van der Waals surface area contributed by atoms with Gasteiger partial charge in [-0.3, -0.25) is 19.4 Å². The van der Waals surface area contributed by atoms with Crippen LogP contribution < -0.4 is 0 Å². The number of hydrogen-bond acceptors (Lipinski definition) is 4. The molecule has 130 valence electrons. The van der Waals surface area contributed by atoms with Crippen molar-refractivity contribution in [2.75, 3.05) is 39.4 Å². The average molecular weight is 338 g/mol. The number of halogens is 2. The molecule has 1 aromatic rings. The zero-order chi connectivity index (χ0) is 17.1. The van der Waals surface area contributed by atoms with Crippen molar-refractivity contribution in [3.63, 3.8) is 0 Å². The molecular weight excluding hydrogens is 318 g/mol. The zero-order valence-electron chi connectivity index (χ0n) is 13.3. The molecule has 5 nitrogen and oxygen atoms in total. The van der Waals surface area contributed by atoms with Gasteiger partial charge in [-0.15, -0.1) is 0 Å². The number of carbonyl (C=O) groups excluding carboxylic acids is 2. The minimum Gasteiger partial charge on any atom is -0.379 e. The van der Waals surface area contributed by atoms with Crippen LogP contribution in [0.15, 0.2) is 18.2 Å². The maximum absolute atomic E-state index is 13.7. The number of carbonyl (C=O) groups is 2. The molecule has 2 aliphatic rings. The first-order valence-corrected chi connectivity index (χ1v) is 8.13. The van der Waals surface area contributed by atoms with E-state index in [2.05, 4.69) is 4.90 Å². The lowest BCUT2D eigenvalue weighted by Crippen LogP contribution is -2.43. The van der Waals surface area contributed by atoms with Crippen LogP contribution in [0.2, 0.25) is 0 Å². The predicted molar refractivity (Wildman–Crippen MR) is 82.1 cm³/mol. The Kier molecular flexibility index (Phi) is 5.20. The van der Waals surface area contributed by atoms with Gasteiger partial charge in [0.2, 0.25) is 11.8 Å². The number of amides is 2. The molecule has 7 heteroatoms. The number of hydrogen-bond donors (Lipinski definition) is 0. The van der Waals surface area contributed by atoms with Gasteiger partial charge in [-0.2, -0.15) is 0 Å². The highest BCUT2D eigenvalue weighted by atomic mass is 19.1. The molecule has 2 aliphatic heterocycles. The van der Waals surface area contributed by atoms with E-state index >= 15 is 0 Å². The second kappa shape index (κ2) is 7.36. The van der Waals surface area contributed by atoms with Crippen LogP contribution in [0.1, 0.15) is 12.0 Å². The SMILES string of the molecule is O=C1CC(Cc2ccc(F)cc2F)C(=O)N1CCN1CCOCC1. The number of rotatable bonds is 5. The van der Waals surface area contributed by atoms with Crippen LogP contribution >= 0.6 is 0 Å². The number of likely N-dealkylation sites (tertiary alicyclic amines) is 1. The summed E-state index contributed by atoms with van der Waals surface area (Å²) in [6, 6.07) is 3.29. The Morgan fingerprint density at radius 3 is 2.58 bits per heavy atom. The molecule has 24 heavy (non-hydrogen) atoms. The van der Waals surface area contributed by atoms with Crippen molar-refractivity contribution in [1.82, 2.24) is 9.80 Å². The van der Waals surface area contributed by atoms with Gasteiger partial charge < -0.3 is 4.74 Å². The largest absolute Gasteiger partial charge is 0.379 e. The second-order valence-electron chi connectivity index (χ2n) is 6.18. The summed E-state index contributed by atoms with van der Waals surface area (Å²) in [4.78, 5) is 28.0. The third kappa shape index (κ3) is 3.79. The van der Waals surface area contributed by atoms with E-state index < -0.39 is 17.6 Å². The molecule has 0 radical (unpaired) electrons. The summed E-state index contributed by atoms with van der Waals surface area (Å²) in [6.07, 6.45) is 0.198. The van der Waals surface area contributed by atoms with Gasteiger partial charge in [0.15, 0.2) is 0 Å². The molecule has 0 saturated carbocycles. The topological polar surface area (TPSA) is 49.9 Å². The van der Waals surface area contributed by atoms with Crippen LogP contribution in [-0.2, 0) is 20.7 Å². The van der Waals surface area contributed by atoms with Gasteiger partial charge in [0, 0.05) is 38.7 Å². The van der Waals surface area contributed by atoms with Crippen molar-refractivity contribution in [3.05, 3.63) is 35.4 Å². The Bertz CT molecular complexity index is 632. The van der Waals surface area contributed by atoms with Crippen molar-refractivity contribution in [2.24, 2.45) is 5.92 Å². The number of morpholine rings is 1. The standard InChI is InChI=1S/C17H20F2N2O3/c18-14-2-1-12(15(19)11-14)9-13-10-16(22)21(17(13)23)4-3-20-5-7-24-8-6-20/h1-2,11,13H,3-10H2. The van der Waals surface area contributed by atoms with Gasteiger partial charge in [-0.25, -0.2) is 8.78 Å². The van der Waals surface area contributed by atoms with E-state index in [1.54, 1.807) is 0 Å². The first-order valence-electron chi connectivity index (χ1n) is 8.13. The van der Waals surface area contributed by atoms with E-state index in [1.165, 1.54) is 11.0 Å². The second-order valence-corrected chi connectivity index (χ2v) is 6.18. The van der Waals surface area contributed by atoms with E-state index in [-0.39, 0.29) is 30.2 Å². The molecule has 0 spiro atoms. The van der Waals surface area contributed by atoms with E-state index in [0.29, 0.717) is 26.3 Å². The number of benzene rings is 1. The number of nitrogens with zero attached hydrogens (tertiary/aromatic N) is 2. The molecule has 0 aliphatic carbocycles. The Labute approximate surface area is 139 Å². The third-order valence-electron chi connectivity index (χ3n) is 4.56. The number of imide groups is 1. The van der Waals surface area contributed by atoms with Gasteiger partial charge in [0.05, 0.1) is 19.1 Å². The van der Waals surface area contributed by atoms with Crippen LogP contribution in [0, 0.1) is 17.6 Å². The highest BCUT2D eigenvalue weighted by Crippen LogP contribution is 2.25. The summed E-state index contributed by atoms with van der Waals surface area (Å²) in [5.74, 6) is -2.39. The molecule has 1 aromatic carbocycles. The highest BCUT2D eigenvalue weighted by Gasteiger charge is 2.38. The van der Waals surface area contributed by atoms with Crippen LogP contribution in [0.25, 0.3) is 0 Å². The molecule has 0 bridgehead atoms. The van der Waals surface area contributed by atoms with Gasteiger partial charge in [-0.05, 0) is 18.1 Å². The molecule has 2 saturated heterocycles. The Morgan fingerprint density at radius 2 is 1.88 bits per heavy atom. The summed E-state index contributed by atoms with van der Waals surface area (Å²) in [7, 11) is 0. The van der Waals surface area contributed by atoms with E-state index in [9.17, 15) is 18.4 Å². The highest BCUT2D eigenvalue weighted by molar-refractivity contribution is 6.03. The summed E-state index contributed by atoms with van der Waals surface area (Å²) in [5, 5.41) is 0. The molecule has 2 amide bonds. The Morgan fingerprint density at radius 1 is 1.12 bits per heavy atom.